The molecule has 8 heteroatoms. The quantitative estimate of drug-likeness (QED) is 0.923. The minimum atomic E-state index is -4.44. The average Bonchev–Trinajstić information content (AvgIpc) is 2.67. The molecule has 108 valence electrons. The highest BCUT2D eigenvalue weighted by Crippen LogP contribution is 2.24. The summed E-state index contributed by atoms with van der Waals surface area (Å²) >= 11 is 1.27. The highest BCUT2D eigenvalue weighted by atomic mass is 32.1. The first-order valence-electron chi connectivity index (χ1n) is 5.69. The standard InChI is InChI=1S/C12H11F3N2O2S/c13-12(14,15)7-17(6-11(18)19)5-10-16-8-3-1-2-4-9(8)20-10/h1-4H,5-7H2,(H,18,19). The maximum absolute atomic E-state index is 12.4. The third kappa shape index (κ3) is 4.17. The number of benzene rings is 1. The van der Waals surface area contributed by atoms with Gasteiger partial charge in [-0.15, -0.1) is 11.3 Å². The number of para-hydroxylation sites is 1. The predicted molar refractivity (Wildman–Crippen MR) is 68.6 cm³/mol. The summed E-state index contributed by atoms with van der Waals surface area (Å²) in [4.78, 5) is 15.7. The lowest BCUT2D eigenvalue weighted by Gasteiger charge is -2.20. The van der Waals surface area contributed by atoms with E-state index in [0.717, 1.165) is 9.60 Å². The monoisotopic (exact) mass is 304 g/mol. The molecule has 0 radical (unpaired) electrons. The molecule has 1 aromatic carbocycles. The van der Waals surface area contributed by atoms with Crippen LogP contribution >= 0.6 is 11.3 Å². The molecule has 0 aliphatic carbocycles. The number of nitrogens with zero attached hydrogens (tertiary/aromatic N) is 2. The molecule has 0 spiro atoms. The number of alkyl halides is 3. The second-order valence-corrected chi connectivity index (χ2v) is 5.34. The van der Waals surface area contributed by atoms with Gasteiger partial charge in [0.1, 0.15) is 5.01 Å². The van der Waals surface area contributed by atoms with Crippen molar-refractivity contribution in [3.8, 4) is 0 Å². The fourth-order valence-corrected chi connectivity index (χ4v) is 2.80. The Morgan fingerprint density at radius 3 is 2.65 bits per heavy atom. The Bertz CT molecular complexity index is 579. The van der Waals surface area contributed by atoms with Gasteiger partial charge in [0.05, 0.1) is 29.9 Å². The van der Waals surface area contributed by atoms with E-state index in [2.05, 4.69) is 4.98 Å². The first-order chi connectivity index (χ1) is 9.33. The maximum Gasteiger partial charge on any atom is 0.401 e. The molecule has 0 aliphatic rings. The number of carboxylic acid groups (broad SMARTS) is 1. The Hall–Kier alpha value is -1.67. The molecule has 0 unspecified atom stereocenters. The molecule has 0 aliphatic heterocycles. The summed E-state index contributed by atoms with van der Waals surface area (Å²) < 4.78 is 38.1. The molecule has 0 saturated heterocycles. The molecule has 4 nitrogen and oxygen atoms in total. The Kier molecular flexibility index (Phi) is 4.24. The zero-order chi connectivity index (χ0) is 14.8. The molecular formula is C12H11F3N2O2S. The van der Waals surface area contributed by atoms with E-state index >= 15 is 0 Å². The van der Waals surface area contributed by atoms with Gasteiger partial charge in [0.15, 0.2) is 0 Å². The van der Waals surface area contributed by atoms with Gasteiger partial charge in [0.2, 0.25) is 0 Å². The van der Waals surface area contributed by atoms with Gasteiger partial charge in [0.25, 0.3) is 0 Å². The van der Waals surface area contributed by atoms with Crippen molar-refractivity contribution in [2.75, 3.05) is 13.1 Å². The predicted octanol–water partition coefficient (Wildman–Crippen LogP) is 2.75. The molecule has 0 amide bonds. The van der Waals surface area contributed by atoms with E-state index in [-0.39, 0.29) is 6.54 Å². The van der Waals surface area contributed by atoms with Crippen molar-refractivity contribution in [2.24, 2.45) is 0 Å². The van der Waals surface area contributed by atoms with Crippen LogP contribution < -0.4 is 0 Å². The largest absolute Gasteiger partial charge is 0.480 e. The van der Waals surface area contributed by atoms with Crippen molar-refractivity contribution >= 4 is 27.5 Å². The molecule has 2 aromatic rings. The molecule has 2 rings (SSSR count). The van der Waals surface area contributed by atoms with Gasteiger partial charge in [-0.25, -0.2) is 4.98 Å². The van der Waals surface area contributed by atoms with Gasteiger partial charge in [-0.2, -0.15) is 13.2 Å². The first kappa shape index (κ1) is 14.7. The zero-order valence-corrected chi connectivity index (χ0v) is 11.0. The minimum Gasteiger partial charge on any atom is -0.480 e. The highest BCUT2D eigenvalue weighted by molar-refractivity contribution is 7.18. The molecule has 1 heterocycles. The van der Waals surface area contributed by atoms with Crippen molar-refractivity contribution in [2.45, 2.75) is 12.7 Å². The Balaban J connectivity index is 2.15. The van der Waals surface area contributed by atoms with Crippen molar-refractivity contribution in [3.63, 3.8) is 0 Å². The summed E-state index contributed by atoms with van der Waals surface area (Å²) in [5, 5.41) is 9.14. The van der Waals surface area contributed by atoms with Crippen LogP contribution in [0.4, 0.5) is 13.2 Å². The lowest BCUT2D eigenvalue weighted by Crippen LogP contribution is -2.37. The third-order valence-electron chi connectivity index (χ3n) is 2.46. The van der Waals surface area contributed by atoms with Crippen LogP contribution in [0.3, 0.4) is 0 Å². The van der Waals surface area contributed by atoms with Crippen LogP contribution in [0.1, 0.15) is 5.01 Å². The first-order valence-corrected chi connectivity index (χ1v) is 6.50. The number of carboxylic acids is 1. The van der Waals surface area contributed by atoms with Crippen molar-refractivity contribution in [3.05, 3.63) is 29.3 Å². The fraction of sp³-hybridized carbons (Fsp3) is 0.333. The van der Waals surface area contributed by atoms with Gasteiger partial charge < -0.3 is 5.11 Å². The SMILES string of the molecule is O=C(O)CN(Cc1nc2ccccc2s1)CC(F)(F)F. The lowest BCUT2D eigenvalue weighted by atomic mass is 10.3. The van der Waals surface area contributed by atoms with Crippen LogP contribution in [0.2, 0.25) is 0 Å². The summed E-state index contributed by atoms with van der Waals surface area (Å²) in [5.74, 6) is -1.30. The van der Waals surface area contributed by atoms with E-state index in [0.29, 0.717) is 10.5 Å². The number of thiazole rings is 1. The Morgan fingerprint density at radius 2 is 2.05 bits per heavy atom. The Labute approximate surface area is 116 Å². The molecule has 1 aromatic heterocycles. The van der Waals surface area contributed by atoms with E-state index < -0.39 is 25.2 Å². The summed E-state index contributed by atoms with van der Waals surface area (Å²) in [6.45, 7) is -2.07. The van der Waals surface area contributed by atoms with Gasteiger partial charge in [-0.1, -0.05) is 12.1 Å². The second kappa shape index (κ2) is 5.76. The molecule has 0 saturated carbocycles. The number of fused-ring (bicyclic) bond motifs is 1. The van der Waals surface area contributed by atoms with Crippen LogP contribution in [-0.2, 0) is 11.3 Å². The zero-order valence-electron chi connectivity index (χ0n) is 10.2. The van der Waals surface area contributed by atoms with E-state index in [9.17, 15) is 18.0 Å². The van der Waals surface area contributed by atoms with E-state index in [4.69, 9.17) is 5.11 Å². The molecule has 0 fully saturated rings. The number of carbonyl (C=O) groups is 1. The summed E-state index contributed by atoms with van der Waals surface area (Å²) in [6.07, 6.45) is -4.44. The lowest BCUT2D eigenvalue weighted by molar-refractivity contribution is -0.154. The number of hydrogen-bond acceptors (Lipinski definition) is 4. The second-order valence-electron chi connectivity index (χ2n) is 4.23. The summed E-state index contributed by atoms with van der Waals surface area (Å²) in [5.41, 5.74) is 0.704. The molecule has 0 atom stereocenters. The smallest absolute Gasteiger partial charge is 0.401 e. The number of halogens is 3. The number of aromatic nitrogens is 1. The van der Waals surface area contributed by atoms with Gasteiger partial charge in [-0.3, -0.25) is 9.69 Å². The van der Waals surface area contributed by atoms with Crippen molar-refractivity contribution in [1.82, 2.24) is 9.88 Å². The Morgan fingerprint density at radius 1 is 1.35 bits per heavy atom. The topological polar surface area (TPSA) is 53.4 Å². The number of hydrogen-bond donors (Lipinski definition) is 1. The van der Waals surface area contributed by atoms with Gasteiger partial charge in [0, 0.05) is 0 Å². The van der Waals surface area contributed by atoms with Crippen LogP contribution in [0.5, 0.6) is 0 Å². The minimum absolute atomic E-state index is 0.134. The maximum atomic E-state index is 12.4. The van der Waals surface area contributed by atoms with E-state index in [1.165, 1.54) is 11.3 Å². The number of rotatable bonds is 5. The van der Waals surface area contributed by atoms with Crippen LogP contribution in [0.15, 0.2) is 24.3 Å². The third-order valence-corrected chi connectivity index (χ3v) is 3.48. The van der Waals surface area contributed by atoms with Crippen molar-refractivity contribution < 1.29 is 23.1 Å². The van der Waals surface area contributed by atoms with Crippen molar-refractivity contribution in [1.29, 1.82) is 0 Å². The molecule has 20 heavy (non-hydrogen) atoms. The summed E-state index contributed by atoms with van der Waals surface area (Å²) in [7, 11) is 0. The van der Waals surface area contributed by atoms with Crippen LogP contribution in [-0.4, -0.2) is 40.2 Å². The average molecular weight is 304 g/mol. The van der Waals surface area contributed by atoms with Crippen LogP contribution in [0.25, 0.3) is 10.2 Å². The molecule has 0 bridgehead atoms. The van der Waals surface area contributed by atoms with E-state index in [1.807, 2.05) is 12.1 Å². The van der Waals surface area contributed by atoms with Crippen LogP contribution in [0, 0.1) is 0 Å². The fourth-order valence-electron chi connectivity index (χ4n) is 1.79. The highest BCUT2D eigenvalue weighted by Gasteiger charge is 2.31. The van der Waals surface area contributed by atoms with Gasteiger partial charge >= 0.3 is 12.1 Å². The van der Waals surface area contributed by atoms with E-state index in [1.54, 1.807) is 12.1 Å². The normalized spacial score (nSPS) is 12.2. The number of aliphatic carboxylic acids is 1. The van der Waals surface area contributed by atoms with Gasteiger partial charge in [-0.05, 0) is 12.1 Å². The molecular weight excluding hydrogens is 293 g/mol. The molecule has 1 N–H and O–H groups in total. The summed E-state index contributed by atoms with van der Waals surface area (Å²) in [6, 6.07) is 7.19.